The molecular weight excluding hydrogens is 408 g/mol. The van der Waals surface area contributed by atoms with Crippen LogP contribution in [0.3, 0.4) is 0 Å². The molecule has 168 valence electrons. The van der Waals surface area contributed by atoms with Crippen molar-refractivity contribution in [2.24, 2.45) is 5.41 Å². The van der Waals surface area contributed by atoms with Gasteiger partial charge in [-0.1, -0.05) is 38.1 Å². The summed E-state index contributed by atoms with van der Waals surface area (Å²) in [5, 5.41) is 23.4. The molecule has 1 aromatic carbocycles. The molecule has 0 radical (unpaired) electrons. The standard InChI is InChI=1S/C23H28N6O3/c1-23(2,3)20(22(32)28-12-17(30)10-19(28)21(31)24-4)29-13-18(26-27-29)15-5-6-16-11-25-8-7-14(16)9-15/h5-9,11,13,17,19-20,30H,10,12H2,1-4H3,(H,24,31)/t17-,19+,20-/m1/s1. The molecule has 32 heavy (non-hydrogen) atoms. The first-order valence-electron chi connectivity index (χ1n) is 10.6. The van der Waals surface area contributed by atoms with Gasteiger partial charge in [0.15, 0.2) is 0 Å². The summed E-state index contributed by atoms with van der Waals surface area (Å²) in [4.78, 5) is 31.6. The van der Waals surface area contributed by atoms with Crippen LogP contribution in [0.5, 0.6) is 0 Å². The number of likely N-dealkylation sites (N-methyl/N-ethyl adjacent to an activating group) is 1. The summed E-state index contributed by atoms with van der Waals surface area (Å²) in [6, 6.07) is 6.48. The number of nitrogens with zero attached hydrogens (tertiary/aromatic N) is 5. The molecule has 0 unspecified atom stereocenters. The molecule has 9 heteroatoms. The number of carbonyl (C=O) groups is 2. The molecule has 0 saturated carbocycles. The first kappa shape index (κ1) is 21.9. The highest BCUT2D eigenvalue weighted by molar-refractivity contribution is 5.90. The van der Waals surface area contributed by atoms with Crippen molar-refractivity contribution >= 4 is 22.6 Å². The maximum atomic E-state index is 13.6. The Morgan fingerprint density at radius 3 is 2.72 bits per heavy atom. The number of aliphatic hydroxyl groups excluding tert-OH is 1. The Bertz CT molecular complexity index is 1150. The number of aromatic nitrogens is 4. The smallest absolute Gasteiger partial charge is 0.248 e. The van der Waals surface area contributed by atoms with Crippen molar-refractivity contribution in [3.05, 3.63) is 42.9 Å². The Hall–Kier alpha value is -3.33. The van der Waals surface area contributed by atoms with Gasteiger partial charge in [0.25, 0.3) is 0 Å². The third kappa shape index (κ3) is 4.08. The van der Waals surface area contributed by atoms with E-state index in [4.69, 9.17) is 0 Å². The second kappa shape index (κ2) is 8.31. The average Bonchev–Trinajstić information content (AvgIpc) is 3.39. The monoisotopic (exact) mass is 436 g/mol. The van der Waals surface area contributed by atoms with Gasteiger partial charge in [0.2, 0.25) is 11.8 Å². The number of rotatable bonds is 4. The van der Waals surface area contributed by atoms with Crippen LogP contribution in [0.4, 0.5) is 0 Å². The highest BCUT2D eigenvalue weighted by Gasteiger charge is 2.45. The predicted molar refractivity (Wildman–Crippen MR) is 119 cm³/mol. The lowest BCUT2D eigenvalue weighted by molar-refractivity contribution is -0.144. The van der Waals surface area contributed by atoms with E-state index in [0.717, 1.165) is 16.3 Å². The Kier molecular flexibility index (Phi) is 5.68. The Morgan fingerprint density at radius 2 is 2.00 bits per heavy atom. The van der Waals surface area contributed by atoms with E-state index in [-0.39, 0.29) is 24.8 Å². The van der Waals surface area contributed by atoms with Gasteiger partial charge in [-0.05, 0) is 22.9 Å². The Balaban J connectivity index is 1.68. The topological polar surface area (TPSA) is 113 Å². The fourth-order valence-corrected chi connectivity index (χ4v) is 4.29. The number of fused-ring (bicyclic) bond motifs is 1. The van der Waals surface area contributed by atoms with Crippen LogP contribution in [0.15, 0.2) is 42.9 Å². The SMILES string of the molecule is CNC(=O)[C@@H]1C[C@@H](O)CN1C(=O)[C@@H](n1cc(-c2ccc3cnccc3c2)nn1)C(C)(C)C. The van der Waals surface area contributed by atoms with E-state index in [1.54, 1.807) is 23.3 Å². The molecule has 1 aliphatic rings. The van der Waals surface area contributed by atoms with Crippen molar-refractivity contribution in [3.8, 4) is 11.3 Å². The minimum absolute atomic E-state index is 0.115. The van der Waals surface area contributed by atoms with Gasteiger partial charge in [0, 0.05) is 43.4 Å². The van der Waals surface area contributed by atoms with Crippen LogP contribution in [0.2, 0.25) is 0 Å². The molecule has 2 amide bonds. The highest BCUT2D eigenvalue weighted by Crippen LogP contribution is 2.35. The number of pyridine rings is 1. The van der Waals surface area contributed by atoms with Crippen molar-refractivity contribution in [1.29, 1.82) is 0 Å². The second-order valence-corrected chi connectivity index (χ2v) is 9.30. The van der Waals surface area contributed by atoms with Crippen LogP contribution in [0.1, 0.15) is 33.2 Å². The zero-order valence-electron chi connectivity index (χ0n) is 18.7. The molecule has 1 fully saturated rings. The molecule has 4 rings (SSSR count). The molecule has 0 spiro atoms. The van der Waals surface area contributed by atoms with E-state index in [1.165, 1.54) is 11.9 Å². The summed E-state index contributed by atoms with van der Waals surface area (Å²) in [6.45, 7) is 5.95. The lowest BCUT2D eigenvalue weighted by Gasteiger charge is -2.34. The van der Waals surface area contributed by atoms with Gasteiger partial charge in [-0.15, -0.1) is 5.10 Å². The van der Waals surface area contributed by atoms with E-state index in [2.05, 4.69) is 20.6 Å². The zero-order chi connectivity index (χ0) is 23.0. The van der Waals surface area contributed by atoms with Crippen molar-refractivity contribution in [2.75, 3.05) is 13.6 Å². The maximum Gasteiger partial charge on any atom is 0.248 e. The number of likely N-dealkylation sites (tertiary alicyclic amines) is 1. The molecule has 1 aliphatic heterocycles. The first-order valence-corrected chi connectivity index (χ1v) is 10.6. The van der Waals surface area contributed by atoms with Gasteiger partial charge < -0.3 is 15.3 Å². The van der Waals surface area contributed by atoms with Crippen LogP contribution in [-0.4, -0.2) is 67.5 Å². The van der Waals surface area contributed by atoms with Gasteiger partial charge >= 0.3 is 0 Å². The molecule has 0 bridgehead atoms. The average molecular weight is 437 g/mol. The lowest BCUT2D eigenvalue weighted by atomic mass is 9.85. The van der Waals surface area contributed by atoms with E-state index >= 15 is 0 Å². The van der Waals surface area contributed by atoms with Gasteiger partial charge in [0.1, 0.15) is 17.8 Å². The number of carbonyl (C=O) groups excluding carboxylic acids is 2. The van der Waals surface area contributed by atoms with Crippen LogP contribution >= 0.6 is 0 Å². The molecule has 0 aliphatic carbocycles. The number of hydrogen-bond donors (Lipinski definition) is 2. The van der Waals surface area contributed by atoms with Crippen LogP contribution in [-0.2, 0) is 9.59 Å². The van der Waals surface area contributed by atoms with Crippen molar-refractivity contribution in [3.63, 3.8) is 0 Å². The fraction of sp³-hybridized carbons (Fsp3) is 0.435. The maximum absolute atomic E-state index is 13.6. The van der Waals surface area contributed by atoms with Crippen molar-refractivity contribution in [2.45, 2.75) is 45.4 Å². The number of nitrogens with one attached hydrogen (secondary N) is 1. The van der Waals surface area contributed by atoms with E-state index in [9.17, 15) is 14.7 Å². The van der Waals surface area contributed by atoms with Gasteiger partial charge in [-0.2, -0.15) is 0 Å². The zero-order valence-corrected chi connectivity index (χ0v) is 18.7. The molecule has 9 nitrogen and oxygen atoms in total. The summed E-state index contributed by atoms with van der Waals surface area (Å²) in [7, 11) is 1.53. The van der Waals surface area contributed by atoms with Gasteiger partial charge in [-0.25, -0.2) is 4.68 Å². The number of benzene rings is 1. The number of amides is 2. The third-order valence-corrected chi connectivity index (χ3v) is 5.88. The summed E-state index contributed by atoms with van der Waals surface area (Å²) in [5.74, 6) is -0.545. The normalized spacial score (nSPS) is 19.8. The van der Waals surface area contributed by atoms with Crippen LogP contribution < -0.4 is 5.32 Å². The predicted octanol–water partition coefficient (Wildman–Crippen LogP) is 1.79. The summed E-state index contributed by atoms with van der Waals surface area (Å²) < 4.78 is 1.57. The van der Waals surface area contributed by atoms with E-state index in [0.29, 0.717) is 5.69 Å². The van der Waals surface area contributed by atoms with Crippen molar-refractivity contribution in [1.82, 2.24) is 30.2 Å². The summed E-state index contributed by atoms with van der Waals surface area (Å²) in [6.07, 6.45) is 4.79. The van der Waals surface area contributed by atoms with Gasteiger partial charge in [-0.3, -0.25) is 14.6 Å². The Labute approximate surface area is 186 Å². The minimum atomic E-state index is -0.736. The number of hydrogen-bond acceptors (Lipinski definition) is 6. The molecule has 3 atom stereocenters. The first-order chi connectivity index (χ1) is 15.2. The Morgan fingerprint density at radius 1 is 1.22 bits per heavy atom. The summed E-state index contributed by atoms with van der Waals surface area (Å²) in [5.41, 5.74) is 1.03. The molecule has 2 aromatic heterocycles. The number of aliphatic hydroxyl groups is 1. The van der Waals surface area contributed by atoms with Crippen LogP contribution in [0.25, 0.3) is 22.0 Å². The van der Waals surface area contributed by atoms with E-state index in [1.807, 2.05) is 45.0 Å². The minimum Gasteiger partial charge on any atom is -0.391 e. The fourth-order valence-electron chi connectivity index (χ4n) is 4.29. The lowest BCUT2D eigenvalue weighted by Crippen LogP contribution is -2.49. The summed E-state index contributed by atoms with van der Waals surface area (Å²) >= 11 is 0. The van der Waals surface area contributed by atoms with E-state index < -0.39 is 23.6 Å². The van der Waals surface area contributed by atoms with Crippen LogP contribution in [0, 0.1) is 5.41 Å². The third-order valence-electron chi connectivity index (χ3n) is 5.88. The highest BCUT2D eigenvalue weighted by atomic mass is 16.3. The molecular formula is C23H28N6O3. The van der Waals surface area contributed by atoms with Crippen molar-refractivity contribution < 1.29 is 14.7 Å². The van der Waals surface area contributed by atoms with Gasteiger partial charge in [0.05, 0.1) is 12.3 Å². The molecule has 3 aromatic rings. The second-order valence-electron chi connectivity index (χ2n) is 9.30. The largest absolute Gasteiger partial charge is 0.391 e. The molecule has 2 N–H and O–H groups in total. The number of β-amino-alcohol motifs (C(OH)–C–C–N with tert-alkyl or cyclic N) is 1. The molecule has 1 saturated heterocycles. The molecule has 3 heterocycles. The quantitative estimate of drug-likeness (QED) is 0.645.